The molecule has 0 saturated carbocycles. The number of benzene rings is 1. The third-order valence-electron chi connectivity index (χ3n) is 3.91. The lowest BCUT2D eigenvalue weighted by Crippen LogP contribution is -2.32. The fraction of sp³-hybridized carbons (Fsp3) is 0.467. The molecule has 19 heavy (non-hydrogen) atoms. The van der Waals surface area contributed by atoms with E-state index in [-0.39, 0.29) is 18.0 Å². The number of halogens is 1. The largest absolute Gasteiger partial charge is 0.456 e. The van der Waals surface area contributed by atoms with Gasteiger partial charge in [0.05, 0.1) is 12.1 Å². The van der Waals surface area contributed by atoms with Gasteiger partial charge >= 0.3 is 0 Å². The molecule has 0 radical (unpaired) electrons. The monoisotopic (exact) mass is 263 g/mol. The Morgan fingerprint density at radius 2 is 2.26 bits per heavy atom. The molecule has 0 amide bonds. The first-order valence-corrected chi connectivity index (χ1v) is 6.67. The van der Waals surface area contributed by atoms with Crippen molar-refractivity contribution >= 4 is 11.0 Å². The van der Waals surface area contributed by atoms with Crippen LogP contribution >= 0.6 is 0 Å². The number of fused-ring (bicyclic) bond motifs is 1. The van der Waals surface area contributed by atoms with Gasteiger partial charge in [0.2, 0.25) is 0 Å². The van der Waals surface area contributed by atoms with Crippen LogP contribution in [0.3, 0.4) is 0 Å². The molecule has 2 aromatic rings. The summed E-state index contributed by atoms with van der Waals surface area (Å²) in [7, 11) is 1.88. The molecule has 0 spiro atoms. The van der Waals surface area contributed by atoms with Crippen molar-refractivity contribution < 1.29 is 13.5 Å². The lowest BCUT2D eigenvalue weighted by Gasteiger charge is -2.23. The number of ether oxygens (including phenoxy) is 1. The molecule has 0 bridgehead atoms. The zero-order valence-electron chi connectivity index (χ0n) is 11.2. The van der Waals surface area contributed by atoms with Crippen molar-refractivity contribution in [3.63, 3.8) is 0 Å². The zero-order valence-corrected chi connectivity index (χ0v) is 11.2. The van der Waals surface area contributed by atoms with Crippen LogP contribution < -0.4 is 5.32 Å². The first-order valence-electron chi connectivity index (χ1n) is 6.67. The van der Waals surface area contributed by atoms with E-state index in [1.54, 1.807) is 6.07 Å². The van der Waals surface area contributed by atoms with Crippen LogP contribution in [-0.4, -0.2) is 19.8 Å². The Morgan fingerprint density at radius 3 is 2.89 bits per heavy atom. The second kappa shape index (κ2) is 4.94. The highest BCUT2D eigenvalue weighted by atomic mass is 19.1. The molecule has 4 heteroatoms. The minimum Gasteiger partial charge on any atom is -0.456 e. The SMILES string of the molecule is CNC(c1cc2cccc(F)c2o1)C1OCCC1C. The third kappa shape index (κ3) is 2.15. The van der Waals surface area contributed by atoms with Crippen LogP contribution in [0.25, 0.3) is 11.0 Å². The van der Waals surface area contributed by atoms with Gasteiger partial charge in [-0.1, -0.05) is 19.1 Å². The summed E-state index contributed by atoms with van der Waals surface area (Å²) in [6, 6.07) is 6.83. The minimum absolute atomic E-state index is 0.0377. The number of likely N-dealkylation sites (N-methyl/N-ethyl adjacent to an activating group) is 1. The van der Waals surface area contributed by atoms with Crippen LogP contribution in [0.4, 0.5) is 4.39 Å². The van der Waals surface area contributed by atoms with E-state index in [9.17, 15) is 4.39 Å². The van der Waals surface area contributed by atoms with Gasteiger partial charge in [0.1, 0.15) is 5.76 Å². The van der Waals surface area contributed by atoms with Gasteiger partial charge in [0, 0.05) is 12.0 Å². The molecule has 1 N–H and O–H groups in total. The van der Waals surface area contributed by atoms with Crippen molar-refractivity contribution in [2.24, 2.45) is 5.92 Å². The molecule has 1 aromatic heterocycles. The third-order valence-corrected chi connectivity index (χ3v) is 3.91. The van der Waals surface area contributed by atoms with Gasteiger partial charge in [-0.15, -0.1) is 0 Å². The van der Waals surface area contributed by atoms with Crippen molar-refractivity contribution in [2.45, 2.75) is 25.5 Å². The number of hydrogen-bond acceptors (Lipinski definition) is 3. The smallest absolute Gasteiger partial charge is 0.169 e. The number of rotatable bonds is 3. The molecule has 1 aromatic carbocycles. The van der Waals surface area contributed by atoms with Gasteiger partial charge in [-0.25, -0.2) is 4.39 Å². The van der Waals surface area contributed by atoms with E-state index in [0.717, 1.165) is 24.2 Å². The van der Waals surface area contributed by atoms with Gasteiger partial charge in [0.15, 0.2) is 11.4 Å². The summed E-state index contributed by atoms with van der Waals surface area (Å²) in [5, 5.41) is 4.02. The summed E-state index contributed by atoms with van der Waals surface area (Å²) in [4.78, 5) is 0. The van der Waals surface area contributed by atoms with Crippen LogP contribution in [0.5, 0.6) is 0 Å². The Kier molecular flexibility index (Phi) is 3.29. The van der Waals surface area contributed by atoms with Gasteiger partial charge in [-0.3, -0.25) is 0 Å². The Balaban J connectivity index is 1.99. The molecule has 2 heterocycles. The number of para-hydroxylation sites is 1. The molecular weight excluding hydrogens is 245 g/mol. The maximum absolute atomic E-state index is 13.7. The van der Waals surface area contributed by atoms with Crippen LogP contribution in [0.1, 0.15) is 25.1 Å². The summed E-state index contributed by atoms with van der Waals surface area (Å²) in [5.41, 5.74) is 0.323. The molecular formula is C15H18FNO2. The van der Waals surface area contributed by atoms with Crippen LogP contribution in [-0.2, 0) is 4.74 Å². The van der Waals surface area contributed by atoms with Gasteiger partial charge in [0.25, 0.3) is 0 Å². The molecule has 3 nitrogen and oxygen atoms in total. The number of nitrogens with one attached hydrogen (secondary N) is 1. The molecule has 1 aliphatic rings. The normalized spacial score (nSPS) is 25.0. The van der Waals surface area contributed by atoms with Gasteiger partial charge < -0.3 is 14.5 Å². The molecule has 1 saturated heterocycles. The standard InChI is InChI=1S/C15H18FNO2/c1-9-6-7-18-14(9)13(17-2)12-8-10-4-3-5-11(16)15(10)19-12/h3-5,8-9,13-14,17H,6-7H2,1-2H3. The lowest BCUT2D eigenvalue weighted by atomic mass is 9.96. The number of furan rings is 1. The van der Waals surface area contributed by atoms with E-state index >= 15 is 0 Å². The molecule has 3 rings (SSSR count). The van der Waals surface area contributed by atoms with Crippen molar-refractivity contribution in [1.82, 2.24) is 5.32 Å². The first kappa shape index (κ1) is 12.6. The fourth-order valence-electron chi connectivity index (χ4n) is 2.81. The number of hydrogen-bond donors (Lipinski definition) is 1. The second-order valence-electron chi connectivity index (χ2n) is 5.17. The van der Waals surface area contributed by atoms with E-state index in [2.05, 4.69) is 12.2 Å². The van der Waals surface area contributed by atoms with Crippen molar-refractivity contribution in [2.75, 3.05) is 13.7 Å². The Morgan fingerprint density at radius 1 is 1.42 bits per heavy atom. The van der Waals surface area contributed by atoms with E-state index in [0.29, 0.717) is 11.5 Å². The van der Waals surface area contributed by atoms with E-state index in [4.69, 9.17) is 9.15 Å². The average Bonchev–Trinajstić information content (AvgIpc) is 2.99. The molecule has 3 atom stereocenters. The maximum atomic E-state index is 13.7. The maximum Gasteiger partial charge on any atom is 0.169 e. The molecule has 0 aliphatic carbocycles. The summed E-state index contributed by atoms with van der Waals surface area (Å²) >= 11 is 0. The molecule has 1 fully saturated rings. The summed E-state index contributed by atoms with van der Waals surface area (Å²) < 4.78 is 25.2. The van der Waals surface area contributed by atoms with E-state index in [1.165, 1.54) is 6.07 Å². The Labute approximate surface area is 111 Å². The molecule has 1 aliphatic heterocycles. The van der Waals surface area contributed by atoms with Crippen LogP contribution in [0, 0.1) is 11.7 Å². The summed E-state index contributed by atoms with van der Waals surface area (Å²) in [6.45, 7) is 2.95. The quantitative estimate of drug-likeness (QED) is 0.923. The van der Waals surface area contributed by atoms with Crippen molar-refractivity contribution in [3.8, 4) is 0 Å². The summed E-state index contributed by atoms with van der Waals surface area (Å²) in [5.74, 6) is 0.885. The average molecular weight is 263 g/mol. The first-order chi connectivity index (χ1) is 9.20. The van der Waals surface area contributed by atoms with E-state index < -0.39 is 0 Å². The van der Waals surface area contributed by atoms with Gasteiger partial charge in [-0.05, 0) is 31.5 Å². The highest BCUT2D eigenvalue weighted by Gasteiger charge is 2.34. The lowest BCUT2D eigenvalue weighted by molar-refractivity contribution is 0.0568. The van der Waals surface area contributed by atoms with Crippen LogP contribution in [0.2, 0.25) is 0 Å². The topological polar surface area (TPSA) is 34.4 Å². The van der Waals surface area contributed by atoms with E-state index in [1.807, 2.05) is 19.2 Å². The van der Waals surface area contributed by atoms with Crippen LogP contribution in [0.15, 0.2) is 28.7 Å². The highest BCUT2D eigenvalue weighted by Crippen LogP contribution is 2.34. The molecule has 3 unspecified atom stereocenters. The van der Waals surface area contributed by atoms with Gasteiger partial charge in [-0.2, -0.15) is 0 Å². The predicted molar refractivity (Wildman–Crippen MR) is 71.5 cm³/mol. The van der Waals surface area contributed by atoms with Crippen molar-refractivity contribution in [1.29, 1.82) is 0 Å². The fourth-order valence-corrected chi connectivity index (χ4v) is 2.81. The van der Waals surface area contributed by atoms with Crippen molar-refractivity contribution in [3.05, 3.63) is 35.8 Å². The summed E-state index contributed by atoms with van der Waals surface area (Å²) in [6.07, 6.45) is 1.13. The second-order valence-corrected chi connectivity index (χ2v) is 5.17. The Bertz CT molecular complexity index is 581. The predicted octanol–water partition coefficient (Wildman–Crippen LogP) is 3.26. The highest BCUT2D eigenvalue weighted by molar-refractivity contribution is 5.78. The zero-order chi connectivity index (χ0) is 13.4. The Hall–Kier alpha value is -1.39. The minimum atomic E-state index is -0.320. The molecule has 102 valence electrons.